The van der Waals surface area contributed by atoms with E-state index in [1.807, 2.05) is 0 Å². The monoisotopic (exact) mass is 318 g/mol. The highest BCUT2D eigenvalue weighted by atomic mass is 35.5. The summed E-state index contributed by atoms with van der Waals surface area (Å²) in [4.78, 5) is 3.79. The number of hydrogen-bond acceptors (Lipinski definition) is 4. The van der Waals surface area contributed by atoms with Crippen molar-refractivity contribution in [3.8, 4) is 5.75 Å². The zero-order chi connectivity index (χ0) is 14.8. The third kappa shape index (κ3) is 3.49. The van der Waals surface area contributed by atoms with Crippen LogP contribution in [0, 0.1) is 5.82 Å². The van der Waals surface area contributed by atoms with E-state index in [9.17, 15) is 12.8 Å². The standard InChI is InChI=1S/C12H12ClFN2O3S/c1-20(17,18)12-15-4-5-16(12)6-7-19-11-3-2-9(14)8-10(11)13/h2-5,8H,6-7H2,1H3. The van der Waals surface area contributed by atoms with Crippen LogP contribution in [0.3, 0.4) is 0 Å². The first-order valence-electron chi connectivity index (χ1n) is 5.67. The number of rotatable bonds is 5. The van der Waals surface area contributed by atoms with Gasteiger partial charge in [0.25, 0.3) is 0 Å². The molecule has 5 nitrogen and oxygen atoms in total. The Labute approximate surface area is 120 Å². The molecule has 0 fully saturated rings. The van der Waals surface area contributed by atoms with Crippen molar-refractivity contribution in [2.24, 2.45) is 0 Å². The molecule has 0 saturated carbocycles. The van der Waals surface area contributed by atoms with E-state index in [0.29, 0.717) is 5.75 Å². The van der Waals surface area contributed by atoms with Gasteiger partial charge in [-0.3, -0.25) is 0 Å². The summed E-state index contributed by atoms with van der Waals surface area (Å²) in [6.07, 6.45) is 4.04. The minimum Gasteiger partial charge on any atom is -0.490 e. The predicted octanol–water partition coefficient (Wildman–Crippen LogP) is 2.16. The molecule has 0 N–H and O–H groups in total. The van der Waals surface area contributed by atoms with Gasteiger partial charge in [0, 0.05) is 18.6 Å². The summed E-state index contributed by atoms with van der Waals surface area (Å²) >= 11 is 5.81. The van der Waals surface area contributed by atoms with E-state index in [1.54, 1.807) is 6.20 Å². The van der Waals surface area contributed by atoms with Gasteiger partial charge in [0.15, 0.2) is 0 Å². The summed E-state index contributed by atoms with van der Waals surface area (Å²) in [5.41, 5.74) is 0. The van der Waals surface area contributed by atoms with E-state index in [1.165, 1.54) is 22.9 Å². The summed E-state index contributed by atoms with van der Waals surface area (Å²) in [5, 5.41) is 0.144. The van der Waals surface area contributed by atoms with E-state index >= 15 is 0 Å². The molecule has 1 aromatic heterocycles. The highest BCUT2D eigenvalue weighted by Gasteiger charge is 2.14. The van der Waals surface area contributed by atoms with Crippen LogP contribution >= 0.6 is 11.6 Å². The molecule has 108 valence electrons. The molecule has 1 heterocycles. The van der Waals surface area contributed by atoms with Crippen molar-refractivity contribution in [1.29, 1.82) is 0 Å². The Kier molecular flexibility index (Phi) is 4.29. The number of benzene rings is 1. The van der Waals surface area contributed by atoms with Gasteiger partial charge in [-0.1, -0.05) is 11.6 Å². The molecular formula is C12H12ClFN2O3S. The van der Waals surface area contributed by atoms with Crippen LogP contribution in [-0.2, 0) is 16.4 Å². The molecule has 2 rings (SSSR count). The first-order valence-corrected chi connectivity index (χ1v) is 7.94. The molecule has 0 atom stereocenters. The van der Waals surface area contributed by atoms with E-state index in [2.05, 4.69) is 4.98 Å². The highest BCUT2D eigenvalue weighted by molar-refractivity contribution is 7.90. The lowest BCUT2D eigenvalue weighted by Gasteiger charge is -2.09. The van der Waals surface area contributed by atoms with E-state index in [-0.39, 0.29) is 23.3 Å². The fourth-order valence-electron chi connectivity index (χ4n) is 1.64. The number of ether oxygens (including phenoxy) is 1. The summed E-state index contributed by atoms with van der Waals surface area (Å²) in [6.45, 7) is 0.473. The number of imidazole rings is 1. The van der Waals surface area contributed by atoms with Crippen molar-refractivity contribution in [1.82, 2.24) is 9.55 Å². The van der Waals surface area contributed by atoms with Crippen molar-refractivity contribution in [2.45, 2.75) is 11.7 Å². The molecule has 0 unspecified atom stereocenters. The lowest BCUT2D eigenvalue weighted by atomic mass is 10.3. The van der Waals surface area contributed by atoms with Gasteiger partial charge in [-0.05, 0) is 18.2 Å². The molecule has 0 bridgehead atoms. The highest BCUT2D eigenvalue weighted by Crippen LogP contribution is 2.24. The molecule has 0 aliphatic heterocycles. The van der Waals surface area contributed by atoms with Gasteiger partial charge in [-0.25, -0.2) is 17.8 Å². The van der Waals surface area contributed by atoms with Gasteiger partial charge in [-0.15, -0.1) is 0 Å². The van der Waals surface area contributed by atoms with Crippen LogP contribution in [0.5, 0.6) is 5.75 Å². The van der Waals surface area contributed by atoms with Gasteiger partial charge in [0.05, 0.1) is 11.6 Å². The first kappa shape index (κ1) is 14.8. The topological polar surface area (TPSA) is 61.2 Å². The lowest BCUT2D eigenvalue weighted by Crippen LogP contribution is -2.13. The third-order valence-electron chi connectivity index (χ3n) is 2.49. The maximum Gasteiger partial charge on any atom is 0.227 e. The Bertz CT molecular complexity index is 715. The molecule has 2 aromatic rings. The van der Waals surface area contributed by atoms with Gasteiger partial charge >= 0.3 is 0 Å². The Balaban J connectivity index is 2.02. The quantitative estimate of drug-likeness (QED) is 0.847. The molecule has 0 spiro atoms. The molecule has 0 saturated heterocycles. The smallest absolute Gasteiger partial charge is 0.227 e. The van der Waals surface area contributed by atoms with Crippen LogP contribution in [0.1, 0.15) is 0 Å². The zero-order valence-electron chi connectivity index (χ0n) is 10.6. The predicted molar refractivity (Wildman–Crippen MR) is 72.2 cm³/mol. The fourth-order valence-corrected chi connectivity index (χ4v) is 2.69. The summed E-state index contributed by atoms with van der Waals surface area (Å²) in [7, 11) is -3.38. The van der Waals surface area contributed by atoms with Gasteiger partial charge in [-0.2, -0.15) is 0 Å². The van der Waals surface area contributed by atoms with Gasteiger partial charge < -0.3 is 9.30 Å². The zero-order valence-corrected chi connectivity index (χ0v) is 12.2. The van der Waals surface area contributed by atoms with Gasteiger partial charge in [0.2, 0.25) is 15.0 Å². The van der Waals surface area contributed by atoms with Crippen LogP contribution in [0.25, 0.3) is 0 Å². The minimum atomic E-state index is -3.38. The van der Waals surface area contributed by atoms with Crippen molar-refractivity contribution in [2.75, 3.05) is 12.9 Å². The van der Waals surface area contributed by atoms with Crippen LogP contribution in [-0.4, -0.2) is 30.8 Å². The van der Waals surface area contributed by atoms with Crippen molar-refractivity contribution in [3.63, 3.8) is 0 Å². The van der Waals surface area contributed by atoms with Crippen LogP contribution in [0.15, 0.2) is 35.7 Å². The van der Waals surface area contributed by atoms with Crippen LogP contribution in [0.2, 0.25) is 5.02 Å². The molecule has 0 aliphatic carbocycles. The third-order valence-corrected chi connectivity index (χ3v) is 3.79. The number of halogens is 2. The van der Waals surface area contributed by atoms with Gasteiger partial charge in [0.1, 0.15) is 18.2 Å². The van der Waals surface area contributed by atoms with E-state index in [4.69, 9.17) is 16.3 Å². The molecule has 0 aliphatic rings. The minimum absolute atomic E-state index is 0.0219. The lowest BCUT2D eigenvalue weighted by molar-refractivity contribution is 0.292. The second-order valence-electron chi connectivity index (χ2n) is 4.10. The van der Waals surface area contributed by atoms with Crippen LogP contribution in [0.4, 0.5) is 4.39 Å². The fraction of sp³-hybridized carbons (Fsp3) is 0.250. The van der Waals surface area contributed by atoms with E-state index in [0.717, 1.165) is 12.3 Å². The molecule has 0 amide bonds. The molecule has 20 heavy (non-hydrogen) atoms. The Morgan fingerprint density at radius 2 is 2.20 bits per heavy atom. The van der Waals surface area contributed by atoms with Crippen molar-refractivity contribution < 1.29 is 17.5 Å². The first-order chi connectivity index (χ1) is 9.38. The maximum atomic E-state index is 12.9. The molecule has 1 aromatic carbocycles. The molecule has 0 radical (unpaired) electrons. The molecular weight excluding hydrogens is 307 g/mol. The number of aromatic nitrogens is 2. The Morgan fingerprint density at radius 1 is 1.45 bits per heavy atom. The largest absolute Gasteiger partial charge is 0.490 e. The summed E-state index contributed by atoms with van der Waals surface area (Å²) in [6, 6.07) is 3.81. The van der Waals surface area contributed by atoms with Crippen LogP contribution < -0.4 is 4.74 Å². The van der Waals surface area contributed by atoms with E-state index < -0.39 is 15.7 Å². The average Bonchev–Trinajstić information content (AvgIpc) is 2.80. The van der Waals surface area contributed by atoms with Crippen molar-refractivity contribution in [3.05, 3.63) is 41.4 Å². The number of hydrogen-bond donors (Lipinski definition) is 0. The number of nitrogens with zero attached hydrogens (tertiary/aromatic N) is 2. The maximum absolute atomic E-state index is 12.9. The summed E-state index contributed by atoms with van der Waals surface area (Å²) in [5.74, 6) is -0.106. The molecule has 8 heteroatoms. The second-order valence-corrected chi connectivity index (χ2v) is 6.42. The Morgan fingerprint density at radius 3 is 2.85 bits per heavy atom. The normalized spacial score (nSPS) is 11.6. The van der Waals surface area contributed by atoms with Crippen molar-refractivity contribution >= 4 is 21.4 Å². The second kappa shape index (κ2) is 5.80. The SMILES string of the molecule is CS(=O)(=O)c1nccn1CCOc1ccc(F)cc1Cl. The number of sulfone groups is 1. The average molecular weight is 319 g/mol. The Hall–Kier alpha value is -1.60. The summed E-state index contributed by atoms with van der Waals surface area (Å²) < 4.78 is 42.6.